The summed E-state index contributed by atoms with van der Waals surface area (Å²) in [6.45, 7) is 1.03. The Bertz CT molecular complexity index is 182. The molecule has 0 bridgehead atoms. The van der Waals surface area contributed by atoms with Gasteiger partial charge >= 0.3 is 0 Å². The summed E-state index contributed by atoms with van der Waals surface area (Å²) in [7, 11) is 0. The predicted molar refractivity (Wildman–Crippen MR) is 32.6 cm³/mol. The van der Waals surface area contributed by atoms with Gasteiger partial charge in [-0.25, -0.2) is 0 Å². The highest BCUT2D eigenvalue weighted by Crippen LogP contribution is 2.23. The Balaban J connectivity index is 2.62. The molecule has 0 spiro atoms. The van der Waals surface area contributed by atoms with E-state index in [4.69, 9.17) is 0 Å². The first-order valence-corrected chi connectivity index (χ1v) is 2.70. The van der Waals surface area contributed by atoms with Crippen LogP contribution >= 0.6 is 0 Å². The fourth-order valence-electron chi connectivity index (χ4n) is 0.865. The van der Waals surface area contributed by atoms with E-state index >= 15 is 0 Å². The molecule has 1 N–H and O–H groups in total. The van der Waals surface area contributed by atoms with Gasteiger partial charge in [0.1, 0.15) is 0 Å². The molecule has 0 saturated carbocycles. The summed E-state index contributed by atoms with van der Waals surface area (Å²) < 4.78 is 0. The number of fused-ring (bicyclic) bond motifs is 1. The molecule has 0 saturated heterocycles. The van der Waals surface area contributed by atoms with Crippen molar-refractivity contribution in [2.75, 3.05) is 5.32 Å². The third kappa shape index (κ3) is 0.360. The summed E-state index contributed by atoms with van der Waals surface area (Å²) in [6, 6.07) is 8.99. The van der Waals surface area contributed by atoms with E-state index in [9.17, 15) is 0 Å². The van der Waals surface area contributed by atoms with E-state index in [0.717, 1.165) is 6.54 Å². The monoisotopic (exact) mass is 104 g/mol. The maximum absolute atomic E-state index is 3.16. The van der Waals surface area contributed by atoms with Gasteiger partial charge in [-0.05, 0) is 17.7 Å². The first kappa shape index (κ1) is 3.96. The van der Waals surface area contributed by atoms with Crippen molar-refractivity contribution < 1.29 is 0 Å². The van der Waals surface area contributed by atoms with Gasteiger partial charge in [-0.3, -0.25) is 0 Å². The van der Waals surface area contributed by atoms with E-state index in [1.54, 1.807) is 0 Å². The van der Waals surface area contributed by atoms with Gasteiger partial charge in [-0.15, -0.1) is 0 Å². The first-order valence-electron chi connectivity index (χ1n) is 2.70. The average Bonchev–Trinajstić information content (AvgIpc) is 1.72. The van der Waals surface area contributed by atoms with E-state index in [1.807, 2.05) is 12.1 Å². The smallest absolute Gasteiger partial charge is 0.0421 e. The maximum atomic E-state index is 3.16. The van der Waals surface area contributed by atoms with E-state index in [-0.39, 0.29) is 0 Å². The van der Waals surface area contributed by atoms with Crippen molar-refractivity contribution >= 4 is 5.69 Å². The molecule has 1 aliphatic heterocycles. The molecule has 1 aromatic carbocycles. The van der Waals surface area contributed by atoms with Crippen LogP contribution in [0.2, 0.25) is 0 Å². The van der Waals surface area contributed by atoms with Crippen LogP contribution < -0.4 is 5.32 Å². The number of nitrogens with one attached hydrogen (secondary N) is 1. The van der Waals surface area contributed by atoms with Gasteiger partial charge in [0.2, 0.25) is 0 Å². The quantitative estimate of drug-likeness (QED) is 0.524. The van der Waals surface area contributed by atoms with Gasteiger partial charge in [0, 0.05) is 12.2 Å². The van der Waals surface area contributed by atoms with Crippen LogP contribution in [0.25, 0.3) is 0 Å². The Morgan fingerprint density at radius 3 is 3.00 bits per heavy atom. The Labute approximate surface area is 48.3 Å². The SMILES string of the molecule is [c]1ccc2c(c1)NC2. The fraction of sp³-hybridized carbons (Fsp3) is 0.143. The fourth-order valence-corrected chi connectivity index (χ4v) is 0.865. The number of hydrogen-bond acceptors (Lipinski definition) is 1. The second kappa shape index (κ2) is 1.25. The van der Waals surface area contributed by atoms with E-state index in [1.165, 1.54) is 11.3 Å². The Hall–Kier alpha value is -0.980. The topological polar surface area (TPSA) is 12.0 Å². The zero-order valence-electron chi connectivity index (χ0n) is 4.44. The second-order valence-corrected chi connectivity index (χ2v) is 1.94. The molecule has 1 heterocycles. The van der Waals surface area contributed by atoms with E-state index in [2.05, 4.69) is 17.4 Å². The van der Waals surface area contributed by atoms with Crippen LogP contribution in [0.5, 0.6) is 0 Å². The zero-order chi connectivity index (χ0) is 5.40. The lowest BCUT2D eigenvalue weighted by atomic mass is 10.1. The van der Waals surface area contributed by atoms with Gasteiger partial charge in [0.25, 0.3) is 0 Å². The maximum Gasteiger partial charge on any atom is 0.0421 e. The third-order valence-corrected chi connectivity index (χ3v) is 1.42. The molecule has 1 nitrogen and oxygen atoms in total. The van der Waals surface area contributed by atoms with Crippen LogP contribution in [0.1, 0.15) is 5.56 Å². The van der Waals surface area contributed by atoms with Crippen molar-refractivity contribution in [3.8, 4) is 0 Å². The van der Waals surface area contributed by atoms with Crippen LogP contribution in [0.4, 0.5) is 5.69 Å². The molecule has 0 amide bonds. The Morgan fingerprint density at radius 1 is 1.62 bits per heavy atom. The molecule has 1 aliphatic rings. The van der Waals surface area contributed by atoms with Crippen molar-refractivity contribution in [3.63, 3.8) is 0 Å². The van der Waals surface area contributed by atoms with Crippen LogP contribution in [-0.4, -0.2) is 0 Å². The molecule has 1 heteroatoms. The highest BCUT2D eigenvalue weighted by molar-refractivity contribution is 5.58. The molecule has 1 radical (unpaired) electrons. The third-order valence-electron chi connectivity index (χ3n) is 1.42. The lowest BCUT2D eigenvalue weighted by Gasteiger charge is -2.19. The van der Waals surface area contributed by atoms with Crippen LogP contribution in [-0.2, 0) is 6.54 Å². The summed E-state index contributed by atoms with van der Waals surface area (Å²) >= 11 is 0. The minimum atomic E-state index is 1.03. The molecule has 0 fully saturated rings. The van der Waals surface area contributed by atoms with Gasteiger partial charge in [0.05, 0.1) is 0 Å². The summed E-state index contributed by atoms with van der Waals surface area (Å²) in [6.07, 6.45) is 0. The van der Waals surface area contributed by atoms with Gasteiger partial charge in [0.15, 0.2) is 0 Å². The summed E-state index contributed by atoms with van der Waals surface area (Å²) in [5, 5.41) is 3.16. The van der Waals surface area contributed by atoms with Gasteiger partial charge in [-0.2, -0.15) is 0 Å². The van der Waals surface area contributed by atoms with E-state index < -0.39 is 0 Å². The molecule has 8 heavy (non-hydrogen) atoms. The minimum absolute atomic E-state index is 1.03. The Kier molecular flexibility index (Phi) is 0.618. The summed E-state index contributed by atoms with van der Waals surface area (Å²) in [4.78, 5) is 0. The molecule has 0 unspecified atom stereocenters. The molecule has 0 aromatic heterocycles. The average molecular weight is 104 g/mol. The standard InChI is InChI=1S/C7H6N/c1-2-4-7-6(3-1)5-8-7/h1,3-4,8H,5H2. The summed E-state index contributed by atoms with van der Waals surface area (Å²) in [5.74, 6) is 0. The van der Waals surface area contributed by atoms with Gasteiger partial charge in [-0.1, -0.05) is 12.1 Å². The lowest BCUT2D eigenvalue weighted by Crippen LogP contribution is -2.12. The number of rotatable bonds is 0. The van der Waals surface area contributed by atoms with E-state index in [0.29, 0.717) is 0 Å². The number of anilines is 1. The minimum Gasteiger partial charge on any atom is -0.381 e. The van der Waals surface area contributed by atoms with Crippen molar-refractivity contribution in [2.45, 2.75) is 6.54 Å². The molecular formula is C7H6N. The first-order chi connectivity index (χ1) is 3.97. The largest absolute Gasteiger partial charge is 0.381 e. The van der Waals surface area contributed by atoms with Crippen molar-refractivity contribution in [3.05, 3.63) is 29.8 Å². The van der Waals surface area contributed by atoms with Crippen molar-refractivity contribution in [1.29, 1.82) is 0 Å². The van der Waals surface area contributed by atoms with Crippen LogP contribution in [0.3, 0.4) is 0 Å². The van der Waals surface area contributed by atoms with Crippen LogP contribution in [0.15, 0.2) is 18.2 Å². The second-order valence-electron chi connectivity index (χ2n) is 1.94. The van der Waals surface area contributed by atoms with Gasteiger partial charge < -0.3 is 5.32 Å². The molecule has 0 atom stereocenters. The Morgan fingerprint density at radius 2 is 2.62 bits per heavy atom. The normalized spacial score (nSPS) is 13.5. The molecule has 39 valence electrons. The summed E-state index contributed by atoms with van der Waals surface area (Å²) in [5.41, 5.74) is 2.65. The molecule has 0 aliphatic carbocycles. The van der Waals surface area contributed by atoms with Crippen molar-refractivity contribution in [1.82, 2.24) is 0 Å². The molecular weight excluding hydrogens is 98.1 g/mol. The molecule has 1 aromatic rings. The number of benzene rings is 1. The molecule has 2 rings (SSSR count). The lowest BCUT2D eigenvalue weighted by molar-refractivity contribution is 1.05. The van der Waals surface area contributed by atoms with Crippen molar-refractivity contribution in [2.24, 2.45) is 0 Å². The zero-order valence-corrected chi connectivity index (χ0v) is 4.44. The number of hydrogen-bond donors (Lipinski definition) is 1. The highest BCUT2D eigenvalue weighted by atomic mass is 14.9. The van der Waals surface area contributed by atoms with Crippen LogP contribution in [0, 0.1) is 6.07 Å². The highest BCUT2D eigenvalue weighted by Gasteiger charge is 2.07. The predicted octanol–water partition coefficient (Wildman–Crippen LogP) is 1.41.